The van der Waals surface area contributed by atoms with E-state index in [0.717, 1.165) is 12.2 Å². The van der Waals surface area contributed by atoms with E-state index in [9.17, 15) is 9.50 Å². The maximum Gasteiger partial charge on any atom is 0.137 e. The summed E-state index contributed by atoms with van der Waals surface area (Å²) in [5.41, 5.74) is 0.689. The molecule has 0 saturated carbocycles. The summed E-state index contributed by atoms with van der Waals surface area (Å²) in [6.45, 7) is 5.97. The zero-order valence-electron chi connectivity index (χ0n) is 10.0. The molecule has 0 aliphatic carbocycles. The molecule has 1 nitrogen and oxygen atoms in total. The first-order valence-corrected chi connectivity index (χ1v) is 6.60. The summed E-state index contributed by atoms with van der Waals surface area (Å²) in [5.74, 6) is 1.28. The van der Waals surface area contributed by atoms with Crippen LogP contribution in [0.15, 0.2) is 23.1 Å². The molecule has 0 aromatic heterocycles. The fraction of sp³-hybridized carbons (Fsp3) is 0.538. The van der Waals surface area contributed by atoms with Gasteiger partial charge in [0.05, 0.1) is 6.10 Å². The smallest absolute Gasteiger partial charge is 0.137 e. The minimum atomic E-state index is -0.614. The predicted octanol–water partition coefficient (Wildman–Crippen LogP) is 4.02. The Bertz CT molecular complexity index is 337. The van der Waals surface area contributed by atoms with Crippen molar-refractivity contribution in [2.24, 2.45) is 5.92 Å². The number of halogens is 1. The summed E-state index contributed by atoms with van der Waals surface area (Å²) in [7, 11) is 0. The predicted molar refractivity (Wildman–Crippen MR) is 67.2 cm³/mol. The van der Waals surface area contributed by atoms with Gasteiger partial charge in [0.1, 0.15) is 5.82 Å². The molecule has 0 fully saturated rings. The maximum atomic E-state index is 13.6. The van der Waals surface area contributed by atoms with E-state index >= 15 is 0 Å². The Morgan fingerprint density at radius 3 is 2.56 bits per heavy atom. The molecule has 1 atom stereocenters. The van der Waals surface area contributed by atoms with Gasteiger partial charge < -0.3 is 5.11 Å². The van der Waals surface area contributed by atoms with E-state index in [0.29, 0.717) is 16.4 Å². The van der Waals surface area contributed by atoms with Gasteiger partial charge in [-0.05, 0) is 36.6 Å². The van der Waals surface area contributed by atoms with Crippen molar-refractivity contribution >= 4 is 11.8 Å². The highest BCUT2D eigenvalue weighted by atomic mass is 32.2. The number of benzene rings is 1. The SMILES string of the molecule is CC(C)CCSc1c(F)cccc1[C@H](C)O. The lowest BCUT2D eigenvalue weighted by atomic mass is 10.1. The highest BCUT2D eigenvalue weighted by molar-refractivity contribution is 7.99. The van der Waals surface area contributed by atoms with Gasteiger partial charge in [0, 0.05) is 4.90 Å². The second-order valence-corrected chi connectivity index (χ2v) is 5.47. The van der Waals surface area contributed by atoms with Crippen LogP contribution in [0.2, 0.25) is 0 Å². The van der Waals surface area contributed by atoms with Gasteiger partial charge in [-0.1, -0.05) is 26.0 Å². The minimum Gasteiger partial charge on any atom is -0.389 e. The molecule has 1 aromatic rings. The molecule has 0 aliphatic heterocycles. The number of rotatable bonds is 5. The van der Waals surface area contributed by atoms with E-state index in [-0.39, 0.29) is 5.82 Å². The fourth-order valence-electron chi connectivity index (χ4n) is 1.40. The molecular formula is C13H19FOS. The summed E-state index contributed by atoms with van der Waals surface area (Å²) in [5, 5.41) is 9.56. The lowest BCUT2D eigenvalue weighted by Gasteiger charge is -2.12. The van der Waals surface area contributed by atoms with Crippen LogP contribution < -0.4 is 0 Å². The molecule has 0 radical (unpaired) electrons. The zero-order chi connectivity index (χ0) is 12.1. The van der Waals surface area contributed by atoms with E-state index < -0.39 is 6.10 Å². The van der Waals surface area contributed by atoms with Crippen molar-refractivity contribution in [1.29, 1.82) is 0 Å². The molecule has 1 N–H and O–H groups in total. The van der Waals surface area contributed by atoms with E-state index in [1.54, 1.807) is 19.1 Å². The van der Waals surface area contributed by atoms with Gasteiger partial charge >= 0.3 is 0 Å². The first-order chi connectivity index (χ1) is 7.52. The van der Waals surface area contributed by atoms with E-state index in [1.807, 2.05) is 0 Å². The molecule has 0 saturated heterocycles. The number of aliphatic hydroxyl groups excluding tert-OH is 1. The number of hydrogen-bond acceptors (Lipinski definition) is 2. The van der Waals surface area contributed by atoms with E-state index in [1.165, 1.54) is 17.8 Å². The van der Waals surface area contributed by atoms with Gasteiger partial charge in [0.15, 0.2) is 0 Å². The average Bonchev–Trinajstić information content (AvgIpc) is 2.19. The summed E-state index contributed by atoms with van der Waals surface area (Å²) < 4.78 is 13.6. The molecule has 0 aliphatic rings. The van der Waals surface area contributed by atoms with Gasteiger partial charge in [-0.3, -0.25) is 0 Å². The molecule has 90 valence electrons. The average molecular weight is 242 g/mol. The van der Waals surface area contributed by atoms with E-state index in [2.05, 4.69) is 13.8 Å². The van der Waals surface area contributed by atoms with Crippen LogP contribution in [0.5, 0.6) is 0 Å². The first kappa shape index (κ1) is 13.5. The van der Waals surface area contributed by atoms with Gasteiger partial charge in [0.25, 0.3) is 0 Å². The Morgan fingerprint density at radius 1 is 1.31 bits per heavy atom. The van der Waals surface area contributed by atoms with Crippen LogP contribution in [0.4, 0.5) is 4.39 Å². The third kappa shape index (κ3) is 3.80. The molecule has 0 unspecified atom stereocenters. The Hall–Kier alpha value is -0.540. The quantitative estimate of drug-likeness (QED) is 0.787. The Morgan fingerprint density at radius 2 is 2.00 bits per heavy atom. The molecule has 0 spiro atoms. The third-order valence-electron chi connectivity index (χ3n) is 2.39. The third-order valence-corrected chi connectivity index (χ3v) is 3.55. The molecule has 0 heterocycles. The molecule has 0 bridgehead atoms. The van der Waals surface area contributed by atoms with Crippen molar-refractivity contribution < 1.29 is 9.50 Å². The summed E-state index contributed by atoms with van der Waals surface area (Å²) in [6.07, 6.45) is 0.440. The van der Waals surface area contributed by atoms with Crippen LogP contribution in [-0.4, -0.2) is 10.9 Å². The molecule has 1 aromatic carbocycles. The number of thioether (sulfide) groups is 1. The first-order valence-electron chi connectivity index (χ1n) is 5.61. The van der Waals surface area contributed by atoms with E-state index in [4.69, 9.17) is 0 Å². The second kappa shape index (κ2) is 6.26. The number of aliphatic hydroxyl groups is 1. The van der Waals surface area contributed by atoms with Crippen molar-refractivity contribution in [3.8, 4) is 0 Å². The van der Waals surface area contributed by atoms with Crippen LogP contribution in [-0.2, 0) is 0 Å². The summed E-state index contributed by atoms with van der Waals surface area (Å²) in [6, 6.07) is 4.87. The van der Waals surface area contributed by atoms with Crippen molar-refractivity contribution in [3.63, 3.8) is 0 Å². The lowest BCUT2D eigenvalue weighted by Crippen LogP contribution is -1.98. The Kier molecular flexibility index (Phi) is 5.29. The van der Waals surface area contributed by atoms with Gasteiger partial charge in [-0.15, -0.1) is 11.8 Å². The Balaban J connectivity index is 2.76. The van der Waals surface area contributed by atoms with Crippen molar-refractivity contribution in [2.75, 3.05) is 5.75 Å². The van der Waals surface area contributed by atoms with Crippen LogP contribution in [0, 0.1) is 11.7 Å². The van der Waals surface area contributed by atoms with Crippen molar-refractivity contribution in [1.82, 2.24) is 0 Å². The number of hydrogen-bond donors (Lipinski definition) is 1. The Labute approximate surface area is 101 Å². The molecule has 16 heavy (non-hydrogen) atoms. The highest BCUT2D eigenvalue weighted by Crippen LogP contribution is 2.31. The fourth-order valence-corrected chi connectivity index (χ4v) is 2.81. The highest BCUT2D eigenvalue weighted by Gasteiger charge is 2.12. The lowest BCUT2D eigenvalue weighted by molar-refractivity contribution is 0.195. The molecule has 1 rings (SSSR count). The zero-order valence-corrected chi connectivity index (χ0v) is 10.9. The van der Waals surface area contributed by atoms with Gasteiger partial charge in [0.2, 0.25) is 0 Å². The van der Waals surface area contributed by atoms with Crippen LogP contribution >= 0.6 is 11.8 Å². The van der Waals surface area contributed by atoms with Crippen molar-refractivity contribution in [3.05, 3.63) is 29.6 Å². The van der Waals surface area contributed by atoms with Crippen LogP contribution in [0.25, 0.3) is 0 Å². The standard InChI is InChI=1S/C13H19FOS/c1-9(2)7-8-16-13-11(10(3)15)5-4-6-12(13)14/h4-6,9-10,15H,7-8H2,1-3H3/t10-/m0/s1. The minimum absolute atomic E-state index is 0.229. The monoisotopic (exact) mass is 242 g/mol. The molecule has 3 heteroatoms. The largest absolute Gasteiger partial charge is 0.389 e. The van der Waals surface area contributed by atoms with Gasteiger partial charge in [-0.2, -0.15) is 0 Å². The normalized spacial score (nSPS) is 13.1. The van der Waals surface area contributed by atoms with Crippen LogP contribution in [0.1, 0.15) is 38.9 Å². The van der Waals surface area contributed by atoms with Gasteiger partial charge in [-0.25, -0.2) is 4.39 Å². The molecular weight excluding hydrogens is 223 g/mol. The second-order valence-electron chi connectivity index (χ2n) is 4.37. The summed E-state index contributed by atoms with van der Waals surface area (Å²) in [4.78, 5) is 0.596. The van der Waals surface area contributed by atoms with Crippen molar-refractivity contribution in [2.45, 2.75) is 38.2 Å². The molecule has 0 amide bonds. The topological polar surface area (TPSA) is 20.2 Å². The van der Waals surface area contributed by atoms with Crippen LogP contribution in [0.3, 0.4) is 0 Å². The summed E-state index contributed by atoms with van der Waals surface area (Å²) >= 11 is 1.50. The maximum absolute atomic E-state index is 13.6.